The van der Waals surface area contributed by atoms with E-state index in [0.717, 1.165) is 16.5 Å². The second kappa shape index (κ2) is 9.25. The summed E-state index contributed by atoms with van der Waals surface area (Å²) < 4.78 is 36.7. The Morgan fingerprint density at radius 2 is 1.78 bits per heavy atom. The quantitative estimate of drug-likeness (QED) is 0.478. The van der Waals surface area contributed by atoms with Gasteiger partial charge < -0.3 is 14.9 Å². The first-order chi connectivity index (χ1) is 15.1. The third-order valence-corrected chi connectivity index (χ3v) is 4.00. The van der Waals surface area contributed by atoms with Crippen LogP contribution in [0.25, 0.3) is 22.3 Å². The van der Waals surface area contributed by atoms with E-state index in [1.165, 1.54) is 0 Å². The maximum Gasteiger partial charge on any atom is 0.490 e. The minimum absolute atomic E-state index is 0.223. The molecule has 2 aromatic carbocycles. The van der Waals surface area contributed by atoms with E-state index in [1.54, 1.807) is 31.3 Å². The van der Waals surface area contributed by atoms with E-state index in [1.807, 2.05) is 36.4 Å². The lowest BCUT2D eigenvalue weighted by atomic mass is 10.1. The van der Waals surface area contributed by atoms with Gasteiger partial charge in [-0.2, -0.15) is 18.2 Å². The first-order valence-corrected chi connectivity index (χ1v) is 9.00. The van der Waals surface area contributed by atoms with Gasteiger partial charge in [0.1, 0.15) is 0 Å². The van der Waals surface area contributed by atoms with Crippen LogP contribution < -0.4 is 5.32 Å². The minimum atomic E-state index is -5.08. The maximum absolute atomic E-state index is 12.5. The summed E-state index contributed by atoms with van der Waals surface area (Å²) in [6.45, 7) is 1.72. The molecule has 0 bridgehead atoms. The molecule has 0 spiro atoms. The summed E-state index contributed by atoms with van der Waals surface area (Å²) in [7, 11) is 0. The van der Waals surface area contributed by atoms with Crippen molar-refractivity contribution in [2.75, 3.05) is 5.32 Å². The van der Waals surface area contributed by atoms with Crippen LogP contribution in [0.4, 0.5) is 18.9 Å². The normalized spacial score (nSPS) is 10.9. The summed E-state index contributed by atoms with van der Waals surface area (Å²) in [5.41, 5.74) is 2.76. The fourth-order valence-electron chi connectivity index (χ4n) is 2.56. The van der Waals surface area contributed by atoms with Crippen molar-refractivity contribution in [3.63, 3.8) is 0 Å². The van der Waals surface area contributed by atoms with E-state index in [4.69, 9.17) is 14.4 Å². The van der Waals surface area contributed by atoms with Gasteiger partial charge in [0.05, 0.1) is 17.4 Å². The predicted molar refractivity (Wildman–Crippen MR) is 108 cm³/mol. The van der Waals surface area contributed by atoms with Gasteiger partial charge in [0, 0.05) is 23.4 Å². The van der Waals surface area contributed by atoms with Crippen LogP contribution in [0.1, 0.15) is 16.2 Å². The van der Waals surface area contributed by atoms with Crippen LogP contribution in [0, 0.1) is 6.92 Å². The zero-order valence-corrected chi connectivity index (χ0v) is 16.4. The zero-order valence-electron chi connectivity index (χ0n) is 16.4. The van der Waals surface area contributed by atoms with Crippen LogP contribution in [0.3, 0.4) is 0 Å². The first kappa shape index (κ1) is 22.4. The molecule has 0 radical (unpaired) electrons. The molecule has 0 aliphatic rings. The zero-order chi connectivity index (χ0) is 23.3. The fraction of sp³-hybridized carbons (Fsp3) is 0.0952. The molecule has 0 unspecified atom stereocenters. The molecule has 0 atom stereocenters. The summed E-state index contributed by atoms with van der Waals surface area (Å²) in [6, 6.07) is 16.7. The molecule has 32 heavy (non-hydrogen) atoms. The van der Waals surface area contributed by atoms with Crippen molar-refractivity contribution in [2.24, 2.45) is 0 Å². The molecule has 2 N–H and O–H groups in total. The standard InChI is InChI=1S/C19H14N4O2.C2HF3O2/c1-12-21-18(23-25-12)14-6-4-7-15(9-14)19(24)22-16-10-13-5-2-3-8-17(13)20-11-16;3-2(4,5)1(6)7/h2-11H,1H3,(H,22,24);(H,6,7). The molecule has 1 amide bonds. The Labute approximate surface area is 178 Å². The SMILES string of the molecule is Cc1nc(-c2cccc(C(=O)Nc3cnc4ccccc4c3)c2)no1.O=C(O)C(F)(F)F. The van der Waals surface area contributed by atoms with Gasteiger partial charge in [0.15, 0.2) is 0 Å². The highest BCUT2D eigenvalue weighted by atomic mass is 19.4. The van der Waals surface area contributed by atoms with Crippen molar-refractivity contribution in [2.45, 2.75) is 13.1 Å². The van der Waals surface area contributed by atoms with E-state index in [9.17, 15) is 18.0 Å². The number of aryl methyl sites for hydroxylation is 1. The molecule has 164 valence electrons. The number of fused-ring (bicyclic) bond motifs is 1. The number of carbonyl (C=O) groups excluding carboxylic acids is 1. The van der Waals surface area contributed by atoms with Crippen molar-refractivity contribution in [3.8, 4) is 11.4 Å². The molecule has 8 nitrogen and oxygen atoms in total. The number of alkyl halides is 3. The van der Waals surface area contributed by atoms with Gasteiger partial charge in [-0.3, -0.25) is 9.78 Å². The maximum atomic E-state index is 12.5. The van der Waals surface area contributed by atoms with Crippen LogP contribution in [0.15, 0.2) is 65.3 Å². The average molecular weight is 444 g/mol. The van der Waals surface area contributed by atoms with Crippen LogP contribution in [-0.4, -0.2) is 38.3 Å². The number of aromatic nitrogens is 3. The van der Waals surface area contributed by atoms with Crippen LogP contribution >= 0.6 is 0 Å². The number of carbonyl (C=O) groups is 2. The van der Waals surface area contributed by atoms with Crippen molar-refractivity contribution < 1.29 is 32.4 Å². The number of carboxylic acids is 1. The number of pyridine rings is 1. The molecule has 11 heteroatoms. The molecule has 4 rings (SSSR count). The van der Waals surface area contributed by atoms with E-state index < -0.39 is 12.1 Å². The van der Waals surface area contributed by atoms with Crippen molar-refractivity contribution in [3.05, 3.63) is 72.2 Å². The minimum Gasteiger partial charge on any atom is -0.475 e. The second-order valence-corrected chi connectivity index (χ2v) is 6.39. The third kappa shape index (κ3) is 5.65. The Kier molecular flexibility index (Phi) is 6.47. The molecule has 0 fully saturated rings. The van der Waals surface area contributed by atoms with Gasteiger partial charge in [-0.1, -0.05) is 35.5 Å². The number of hydrogen-bond donors (Lipinski definition) is 2. The number of amides is 1. The Morgan fingerprint density at radius 1 is 1.06 bits per heavy atom. The van der Waals surface area contributed by atoms with Crippen molar-refractivity contribution in [1.29, 1.82) is 0 Å². The number of anilines is 1. The largest absolute Gasteiger partial charge is 0.490 e. The van der Waals surface area contributed by atoms with E-state index >= 15 is 0 Å². The third-order valence-electron chi connectivity index (χ3n) is 4.00. The first-order valence-electron chi connectivity index (χ1n) is 9.00. The lowest BCUT2D eigenvalue weighted by molar-refractivity contribution is -0.192. The van der Waals surface area contributed by atoms with E-state index in [0.29, 0.717) is 23.0 Å². The van der Waals surface area contributed by atoms with Gasteiger partial charge >= 0.3 is 12.1 Å². The Hall–Kier alpha value is -4.28. The number of benzene rings is 2. The second-order valence-electron chi connectivity index (χ2n) is 6.39. The average Bonchev–Trinajstić information content (AvgIpc) is 3.20. The topological polar surface area (TPSA) is 118 Å². The molecule has 0 aliphatic heterocycles. The highest BCUT2D eigenvalue weighted by Crippen LogP contribution is 2.20. The number of halogens is 3. The van der Waals surface area contributed by atoms with Crippen molar-refractivity contribution in [1.82, 2.24) is 15.1 Å². The number of para-hydroxylation sites is 1. The van der Waals surface area contributed by atoms with Crippen LogP contribution in [0.2, 0.25) is 0 Å². The highest BCUT2D eigenvalue weighted by Gasteiger charge is 2.38. The molecular weight excluding hydrogens is 429 g/mol. The van der Waals surface area contributed by atoms with Gasteiger partial charge in [0.25, 0.3) is 5.91 Å². The summed E-state index contributed by atoms with van der Waals surface area (Å²) in [6.07, 6.45) is -3.44. The monoisotopic (exact) mass is 444 g/mol. The van der Waals surface area contributed by atoms with Gasteiger partial charge in [-0.15, -0.1) is 0 Å². The molecule has 4 aromatic rings. The van der Waals surface area contributed by atoms with Crippen molar-refractivity contribution >= 4 is 28.5 Å². The smallest absolute Gasteiger partial charge is 0.475 e. The highest BCUT2D eigenvalue weighted by molar-refractivity contribution is 6.05. The number of nitrogens with zero attached hydrogens (tertiary/aromatic N) is 3. The van der Waals surface area contributed by atoms with Gasteiger partial charge in [-0.25, -0.2) is 4.79 Å². The van der Waals surface area contributed by atoms with E-state index in [-0.39, 0.29) is 5.91 Å². The summed E-state index contributed by atoms with van der Waals surface area (Å²) in [5.74, 6) is -2.04. The Balaban J connectivity index is 0.000000360. The predicted octanol–water partition coefficient (Wildman–Crippen LogP) is 4.48. The molecule has 2 heterocycles. The molecule has 2 aromatic heterocycles. The summed E-state index contributed by atoms with van der Waals surface area (Å²) in [4.78, 5) is 30.0. The number of aliphatic carboxylic acids is 1. The Bertz CT molecular complexity index is 1270. The van der Waals surface area contributed by atoms with Gasteiger partial charge in [0.2, 0.25) is 11.7 Å². The van der Waals surface area contributed by atoms with Crippen LogP contribution in [-0.2, 0) is 4.79 Å². The number of nitrogens with one attached hydrogen (secondary N) is 1. The molecular formula is C21H15F3N4O4. The molecule has 0 saturated heterocycles. The van der Waals surface area contributed by atoms with Gasteiger partial charge in [-0.05, 0) is 24.3 Å². The molecule has 0 aliphatic carbocycles. The van der Waals surface area contributed by atoms with Crippen LogP contribution in [0.5, 0.6) is 0 Å². The number of rotatable bonds is 3. The summed E-state index contributed by atoms with van der Waals surface area (Å²) in [5, 5.41) is 14.8. The molecule has 0 saturated carbocycles. The summed E-state index contributed by atoms with van der Waals surface area (Å²) >= 11 is 0. The van der Waals surface area contributed by atoms with E-state index in [2.05, 4.69) is 20.4 Å². The number of carboxylic acid groups (broad SMARTS) is 1. The fourth-order valence-corrected chi connectivity index (χ4v) is 2.56. The lowest BCUT2D eigenvalue weighted by Crippen LogP contribution is -2.21. The lowest BCUT2D eigenvalue weighted by Gasteiger charge is -2.07. The number of hydrogen-bond acceptors (Lipinski definition) is 6. The Morgan fingerprint density at radius 3 is 2.44 bits per heavy atom.